The van der Waals surface area contributed by atoms with Gasteiger partial charge in [0.1, 0.15) is 0 Å². The molecule has 4 rings (SSSR count). The summed E-state index contributed by atoms with van der Waals surface area (Å²) in [5, 5.41) is 2.23. The van der Waals surface area contributed by atoms with Crippen LogP contribution in [0.15, 0.2) is 60.7 Å². The Morgan fingerprint density at radius 3 is 2.48 bits per heavy atom. The number of nitrogens with zero attached hydrogens (tertiary/aromatic N) is 1. The van der Waals surface area contributed by atoms with Crippen molar-refractivity contribution in [3.05, 3.63) is 71.8 Å². The molecular formula is C23H23NO3. The Hall–Kier alpha value is -3.01. The second kappa shape index (κ2) is 7.31. The number of ether oxygens (including phenoxy) is 2. The number of fused-ring (bicyclic) bond motifs is 1. The molecule has 1 fully saturated rings. The third-order valence-corrected chi connectivity index (χ3v) is 5.30. The van der Waals surface area contributed by atoms with Crippen molar-refractivity contribution in [3.8, 4) is 11.5 Å². The Balaban J connectivity index is 1.65. The van der Waals surface area contributed by atoms with Crippen molar-refractivity contribution in [2.45, 2.75) is 18.9 Å². The lowest BCUT2D eigenvalue weighted by Gasteiger charge is -2.26. The summed E-state index contributed by atoms with van der Waals surface area (Å²) in [4.78, 5) is 15.2. The summed E-state index contributed by atoms with van der Waals surface area (Å²) >= 11 is 0. The van der Waals surface area contributed by atoms with E-state index >= 15 is 0 Å². The van der Waals surface area contributed by atoms with E-state index in [1.807, 2.05) is 59.5 Å². The van der Waals surface area contributed by atoms with E-state index in [-0.39, 0.29) is 11.9 Å². The number of carbonyl (C=O) groups is 1. The first-order valence-corrected chi connectivity index (χ1v) is 9.23. The Labute approximate surface area is 159 Å². The number of benzene rings is 3. The van der Waals surface area contributed by atoms with Gasteiger partial charge in [0.15, 0.2) is 11.5 Å². The fraction of sp³-hybridized carbons (Fsp3) is 0.261. The molecule has 1 saturated heterocycles. The highest BCUT2D eigenvalue weighted by Crippen LogP contribution is 2.37. The summed E-state index contributed by atoms with van der Waals surface area (Å²) in [5.74, 6) is 1.48. The second-order valence-electron chi connectivity index (χ2n) is 6.83. The van der Waals surface area contributed by atoms with Crippen molar-refractivity contribution in [2.24, 2.45) is 0 Å². The van der Waals surface area contributed by atoms with Crippen molar-refractivity contribution in [1.82, 2.24) is 4.90 Å². The molecule has 4 nitrogen and oxygen atoms in total. The molecule has 0 saturated carbocycles. The van der Waals surface area contributed by atoms with Crippen LogP contribution in [-0.2, 0) is 0 Å². The van der Waals surface area contributed by atoms with E-state index in [2.05, 4.69) is 6.07 Å². The molecule has 27 heavy (non-hydrogen) atoms. The highest BCUT2D eigenvalue weighted by atomic mass is 16.5. The van der Waals surface area contributed by atoms with E-state index in [9.17, 15) is 4.79 Å². The number of hydrogen-bond acceptors (Lipinski definition) is 3. The largest absolute Gasteiger partial charge is 0.493 e. The molecule has 0 aliphatic carbocycles. The van der Waals surface area contributed by atoms with Crippen LogP contribution in [0.4, 0.5) is 0 Å². The van der Waals surface area contributed by atoms with Crippen LogP contribution < -0.4 is 9.47 Å². The average Bonchev–Trinajstić information content (AvgIpc) is 3.22. The lowest BCUT2D eigenvalue weighted by atomic mass is 10.0. The minimum absolute atomic E-state index is 0.0591. The van der Waals surface area contributed by atoms with E-state index in [0.29, 0.717) is 11.5 Å². The highest BCUT2D eigenvalue weighted by Gasteiger charge is 2.31. The minimum Gasteiger partial charge on any atom is -0.493 e. The van der Waals surface area contributed by atoms with Gasteiger partial charge in [0.05, 0.1) is 20.3 Å². The molecule has 1 aliphatic heterocycles. The molecule has 1 unspecified atom stereocenters. The van der Waals surface area contributed by atoms with Crippen LogP contribution >= 0.6 is 0 Å². The summed E-state index contributed by atoms with van der Waals surface area (Å²) in [6.07, 6.45) is 1.95. The zero-order chi connectivity index (χ0) is 18.8. The number of methoxy groups -OCH3 is 2. The van der Waals surface area contributed by atoms with Crippen LogP contribution in [0.5, 0.6) is 11.5 Å². The summed E-state index contributed by atoms with van der Waals surface area (Å²) in [5.41, 5.74) is 1.82. The SMILES string of the molecule is COc1ccc(C2CCCN2C(=O)c2ccc3ccccc3c2)cc1OC. The van der Waals surface area contributed by atoms with Gasteiger partial charge in [0.2, 0.25) is 0 Å². The van der Waals surface area contributed by atoms with Crippen LogP contribution in [-0.4, -0.2) is 31.6 Å². The smallest absolute Gasteiger partial charge is 0.254 e. The summed E-state index contributed by atoms with van der Waals surface area (Å²) in [7, 11) is 3.26. The highest BCUT2D eigenvalue weighted by molar-refractivity contribution is 5.99. The van der Waals surface area contributed by atoms with Gasteiger partial charge in [-0.15, -0.1) is 0 Å². The van der Waals surface area contributed by atoms with Gasteiger partial charge < -0.3 is 14.4 Å². The first-order chi connectivity index (χ1) is 13.2. The number of likely N-dealkylation sites (tertiary alicyclic amines) is 1. The number of amides is 1. The monoisotopic (exact) mass is 361 g/mol. The van der Waals surface area contributed by atoms with Gasteiger partial charge in [-0.2, -0.15) is 0 Å². The zero-order valence-corrected chi connectivity index (χ0v) is 15.6. The van der Waals surface area contributed by atoms with Crippen molar-refractivity contribution < 1.29 is 14.3 Å². The summed E-state index contributed by atoms with van der Waals surface area (Å²) in [6.45, 7) is 0.769. The fourth-order valence-corrected chi connectivity index (χ4v) is 3.90. The lowest BCUT2D eigenvalue weighted by Crippen LogP contribution is -2.30. The third-order valence-electron chi connectivity index (χ3n) is 5.30. The maximum Gasteiger partial charge on any atom is 0.254 e. The van der Waals surface area contributed by atoms with Gasteiger partial charge in [0, 0.05) is 12.1 Å². The van der Waals surface area contributed by atoms with Crippen LogP contribution in [0.25, 0.3) is 10.8 Å². The van der Waals surface area contributed by atoms with Crippen molar-refractivity contribution >= 4 is 16.7 Å². The van der Waals surface area contributed by atoms with E-state index in [4.69, 9.17) is 9.47 Å². The molecule has 4 heteroatoms. The first kappa shape index (κ1) is 17.4. The van der Waals surface area contributed by atoms with Crippen molar-refractivity contribution in [1.29, 1.82) is 0 Å². The molecule has 1 atom stereocenters. The first-order valence-electron chi connectivity index (χ1n) is 9.23. The maximum atomic E-state index is 13.2. The molecular weight excluding hydrogens is 338 g/mol. The van der Waals surface area contributed by atoms with Crippen LogP contribution in [0.3, 0.4) is 0 Å². The maximum absolute atomic E-state index is 13.2. The van der Waals surface area contributed by atoms with Gasteiger partial charge >= 0.3 is 0 Å². The van der Waals surface area contributed by atoms with Crippen LogP contribution in [0.1, 0.15) is 34.8 Å². The topological polar surface area (TPSA) is 38.8 Å². The Morgan fingerprint density at radius 1 is 0.926 bits per heavy atom. The predicted molar refractivity (Wildman–Crippen MR) is 107 cm³/mol. The fourth-order valence-electron chi connectivity index (χ4n) is 3.90. The van der Waals surface area contributed by atoms with Gasteiger partial charge in [0.25, 0.3) is 5.91 Å². The quantitative estimate of drug-likeness (QED) is 0.668. The zero-order valence-electron chi connectivity index (χ0n) is 15.6. The predicted octanol–water partition coefficient (Wildman–Crippen LogP) is 4.83. The molecule has 0 bridgehead atoms. The molecule has 0 spiro atoms. The number of hydrogen-bond donors (Lipinski definition) is 0. The average molecular weight is 361 g/mol. The number of rotatable bonds is 4. The Bertz CT molecular complexity index is 982. The van der Waals surface area contributed by atoms with Gasteiger partial charge in [-0.05, 0) is 53.4 Å². The lowest BCUT2D eigenvalue weighted by molar-refractivity contribution is 0.0735. The molecule has 0 N–H and O–H groups in total. The molecule has 1 aliphatic rings. The standard InChI is InChI=1S/C23H23NO3/c1-26-21-12-11-18(15-22(21)27-2)20-8-5-13-24(20)23(25)19-10-9-16-6-3-4-7-17(16)14-19/h3-4,6-7,9-12,14-15,20H,5,8,13H2,1-2H3. The summed E-state index contributed by atoms with van der Waals surface area (Å²) in [6, 6.07) is 20.0. The Morgan fingerprint density at radius 2 is 1.70 bits per heavy atom. The van der Waals surface area contributed by atoms with E-state index in [1.54, 1.807) is 14.2 Å². The summed E-state index contributed by atoms with van der Waals surface area (Å²) < 4.78 is 10.8. The van der Waals surface area contributed by atoms with Gasteiger partial charge in [-0.25, -0.2) is 0 Å². The second-order valence-corrected chi connectivity index (χ2v) is 6.83. The van der Waals surface area contributed by atoms with Crippen molar-refractivity contribution in [3.63, 3.8) is 0 Å². The minimum atomic E-state index is 0.0591. The third kappa shape index (κ3) is 3.23. The van der Waals surface area contributed by atoms with Crippen LogP contribution in [0.2, 0.25) is 0 Å². The Kier molecular flexibility index (Phi) is 4.71. The molecule has 138 valence electrons. The van der Waals surface area contributed by atoms with E-state index < -0.39 is 0 Å². The van der Waals surface area contributed by atoms with Crippen molar-refractivity contribution in [2.75, 3.05) is 20.8 Å². The van der Waals surface area contributed by atoms with Crippen LogP contribution in [0, 0.1) is 0 Å². The molecule has 3 aromatic carbocycles. The van der Waals surface area contributed by atoms with Gasteiger partial charge in [-0.3, -0.25) is 4.79 Å². The molecule has 0 radical (unpaired) electrons. The van der Waals surface area contributed by atoms with E-state index in [1.165, 1.54) is 0 Å². The molecule has 3 aromatic rings. The molecule has 0 aromatic heterocycles. The molecule has 1 heterocycles. The van der Waals surface area contributed by atoms with Gasteiger partial charge in [-0.1, -0.05) is 36.4 Å². The normalized spacial score (nSPS) is 16.5. The molecule has 1 amide bonds. The van der Waals surface area contributed by atoms with E-state index in [0.717, 1.165) is 41.3 Å². The number of carbonyl (C=O) groups excluding carboxylic acids is 1.